The summed E-state index contributed by atoms with van der Waals surface area (Å²) in [6.07, 6.45) is 4.93. The highest BCUT2D eigenvalue weighted by Crippen LogP contribution is 2.31. The van der Waals surface area contributed by atoms with Gasteiger partial charge >= 0.3 is 0 Å². The van der Waals surface area contributed by atoms with Crippen molar-refractivity contribution >= 4 is 46.3 Å². The fourth-order valence-electron chi connectivity index (χ4n) is 4.07. The van der Waals surface area contributed by atoms with Gasteiger partial charge in [0.2, 0.25) is 11.9 Å². The Morgan fingerprint density at radius 2 is 1.94 bits per heavy atom. The number of hydrogen-bond acceptors (Lipinski definition) is 7. The lowest BCUT2D eigenvalue weighted by Gasteiger charge is -2.29. The molecule has 0 aliphatic carbocycles. The van der Waals surface area contributed by atoms with Gasteiger partial charge < -0.3 is 20.9 Å². The summed E-state index contributed by atoms with van der Waals surface area (Å²) in [5.74, 6) is 0.580. The van der Waals surface area contributed by atoms with E-state index in [1.54, 1.807) is 18.3 Å². The molecule has 0 spiro atoms. The topological polar surface area (TPSA) is 100 Å². The predicted molar refractivity (Wildman–Crippen MR) is 136 cm³/mol. The minimum absolute atomic E-state index is 0.282. The van der Waals surface area contributed by atoms with Crippen LogP contribution in [0.1, 0.15) is 30.3 Å². The number of nitrogens with zero attached hydrogens (tertiary/aromatic N) is 5. The number of nitrogens with one attached hydrogen (secondary N) is 3. The number of carbonyl (C=O) groups is 1. The Morgan fingerprint density at radius 1 is 1.21 bits per heavy atom. The van der Waals surface area contributed by atoms with Crippen LogP contribution in [0.25, 0.3) is 0 Å². The average Bonchev–Trinajstić information content (AvgIpc) is 3.10. The van der Waals surface area contributed by atoms with Crippen molar-refractivity contribution in [2.45, 2.75) is 32.7 Å². The van der Waals surface area contributed by atoms with Crippen LogP contribution in [0.5, 0.6) is 0 Å². The van der Waals surface area contributed by atoms with E-state index < -0.39 is 0 Å². The summed E-state index contributed by atoms with van der Waals surface area (Å²) >= 11 is 6.36. The molecule has 4 rings (SSSR count). The molecule has 1 aliphatic heterocycles. The van der Waals surface area contributed by atoms with Gasteiger partial charge in [-0.05, 0) is 71.1 Å². The first-order valence-electron chi connectivity index (χ1n) is 11.2. The van der Waals surface area contributed by atoms with E-state index in [1.807, 2.05) is 19.1 Å². The molecule has 3 aromatic rings. The standard InChI is InChI=1S/C24H29ClN8O/c1-5-21(34)27-17-7-6-8-18(13-17)28-23-20(25)14-26-24(30-23)29-22-15(2)31-33(16(22)3)19-9-11-32(4)12-10-19/h5-8,13-14,19H,1,9-12H2,2-4H3,(H,27,34)(H2,26,28,29,30). The largest absolute Gasteiger partial charge is 0.339 e. The number of amides is 1. The van der Waals surface area contributed by atoms with E-state index in [1.165, 1.54) is 6.08 Å². The molecule has 0 atom stereocenters. The van der Waals surface area contributed by atoms with Crippen molar-refractivity contribution < 1.29 is 4.79 Å². The van der Waals surface area contributed by atoms with E-state index in [0.29, 0.717) is 28.5 Å². The van der Waals surface area contributed by atoms with Gasteiger partial charge in [0.15, 0.2) is 5.82 Å². The molecule has 178 valence electrons. The number of aromatic nitrogens is 4. The van der Waals surface area contributed by atoms with E-state index in [2.05, 4.69) is 56.1 Å². The lowest BCUT2D eigenvalue weighted by molar-refractivity contribution is -0.111. The molecule has 2 aromatic heterocycles. The van der Waals surface area contributed by atoms with Crippen molar-refractivity contribution in [2.75, 3.05) is 36.1 Å². The van der Waals surface area contributed by atoms with Crippen LogP contribution in [0, 0.1) is 13.8 Å². The highest BCUT2D eigenvalue weighted by Gasteiger charge is 2.23. The summed E-state index contributed by atoms with van der Waals surface area (Å²) in [6, 6.07) is 7.64. The van der Waals surface area contributed by atoms with E-state index in [0.717, 1.165) is 48.7 Å². The second kappa shape index (κ2) is 10.2. The molecular formula is C24H29ClN8O. The molecule has 0 saturated carbocycles. The third-order valence-corrected chi connectivity index (χ3v) is 6.19. The van der Waals surface area contributed by atoms with Gasteiger partial charge in [0, 0.05) is 11.4 Å². The van der Waals surface area contributed by atoms with Crippen molar-refractivity contribution in [1.29, 1.82) is 0 Å². The number of rotatable bonds is 7. The molecule has 3 N–H and O–H groups in total. The van der Waals surface area contributed by atoms with Crippen LogP contribution < -0.4 is 16.0 Å². The quantitative estimate of drug-likeness (QED) is 0.417. The first kappa shape index (κ1) is 23.7. The summed E-state index contributed by atoms with van der Waals surface area (Å²) in [5.41, 5.74) is 4.21. The molecule has 0 bridgehead atoms. The van der Waals surface area contributed by atoms with Gasteiger partial charge in [0.1, 0.15) is 5.02 Å². The number of benzene rings is 1. The van der Waals surface area contributed by atoms with E-state index >= 15 is 0 Å². The molecule has 9 nitrogen and oxygen atoms in total. The smallest absolute Gasteiger partial charge is 0.247 e. The lowest BCUT2D eigenvalue weighted by Crippen LogP contribution is -2.32. The second-order valence-corrected chi connectivity index (χ2v) is 8.85. The molecule has 1 aromatic carbocycles. The Kier molecular flexibility index (Phi) is 7.14. The molecule has 3 heterocycles. The van der Waals surface area contributed by atoms with Crippen LogP contribution in [-0.4, -0.2) is 50.7 Å². The average molecular weight is 481 g/mol. The second-order valence-electron chi connectivity index (χ2n) is 8.44. The number of likely N-dealkylation sites (tertiary alicyclic amines) is 1. The maximum Gasteiger partial charge on any atom is 0.247 e. The van der Waals surface area contributed by atoms with Gasteiger partial charge in [-0.3, -0.25) is 9.48 Å². The van der Waals surface area contributed by atoms with Gasteiger partial charge in [-0.15, -0.1) is 0 Å². The normalized spacial score (nSPS) is 14.6. The molecule has 0 radical (unpaired) electrons. The third kappa shape index (κ3) is 5.37. The molecule has 34 heavy (non-hydrogen) atoms. The summed E-state index contributed by atoms with van der Waals surface area (Å²) in [6.45, 7) is 9.66. The molecule has 1 saturated heterocycles. The summed E-state index contributed by atoms with van der Waals surface area (Å²) in [5, 5.41) is 14.4. The Morgan fingerprint density at radius 3 is 2.68 bits per heavy atom. The fraction of sp³-hybridized carbons (Fsp3) is 0.333. The zero-order valence-electron chi connectivity index (χ0n) is 19.6. The van der Waals surface area contributed by atoms with Crippen molar-refractivity contribution in [3.05, 3.63) is 59.5 Å². The van der Waals surface area contributed by atoms with Crippen molar-refractivity contribution in [3.8, 4) is 0 Å². The minimum atomic E-state index is -0.282. The highest BCUT2D eigenvalue weighted by atomic mass is 35.5. The highest BCUT2D eigenvalue weighted by molar-refractivity contribution is 6.32. The third-order valence-electron chi connectivity index (χ3n) is 5.92. The maximum absolute atomic E-state index is 11.6. The predicted octanol–water partition coefficient (Wildman–Crippen LogP) is 4.82. The SMILES string of the molecule is C=CC(=O)Nc1cccc(Nc2nc(Nc3c(C)nn(C4CCN(C)CC4)c3C)ncc2Cl)c1. The van der Waals surface area contributed by atoms with Crippen LogP contribution in [0.2, 0.25) is 5.02 Å². The Bertz CT molecular complexity index is 1200. The lowest BCUT2D eigenvalue weighted by atomic mass is 10.1. The van der Waals surface area contributed by atoms with Crippen LogP contribution in [-0.2, 0) is 4.79 Å². The first-order chi connectivity index (χ1) is 16.3. The zero-order chi connectivity index (χ0) is 24.2. The van der Waals surface area contributed by atoms with E-state index in [9.17, 15) is 4.79 Å². The number of carbonyl (C=O) groups excluding carboxylic acids is 1. The Hall–Kier alpha value is -3.43. The van der Waals surface area contributed by atoms with Crippen molar-refractivity contribution in [1.82, 2.24) is 24.6 Å². The first-order valence-corrected chi connectivity index (χ1v) is 11.6. The van der Waals surface area contributed by atoms with Crippen molar-refractivity contribution in [3.63, 3.8) is 0 Å². The van der Waals surface area contributed by atoms with Gasteiger partial charge in [-0.25, -0.2) is 4.98 Å². The summed E-state index contributed by atoms with van der Waals surface area (Å²) in [7, 11) is 2.15. The summed E-state index contributed by atoms with van der Waals surface area (Å²) < 4.78 is 2.13. The number of anilines is 5. The number of hydrogen-bond donors (Lipinski definition) is 3. The molecule has 1 fully saturated rings. The van der Waals surface area contributed by atoms with Gasteiger partial charge in [-0.1, -0.05) is 24.2 Å². The van der Waals surface area contributed by atoms with Gasteiger partial charge in [0.25, 0.3) is 0 Å². The number of aryl methyl sites for hydroxylation is 1. The summed E-state index contributed by atoms with van der Waals surface area (Å²) in [4.78, 5) is 22.9. The zero-order valence-corrected chi connectivity index (χ0v) is 20.4. The fourth-order valence-corrected chi connectivity index (χ4v) is 4.21. The van der Waals surface area contributed by atoms with E-state index in [4.69, 9.17) is 16.7 Å². The van der Waals surface area contributed by atoms with Crippen LogP contribution in [0.15, 0.2) is 43.1 Å². The Labute approximate surface area is 204 Å². The number of halogens is 1. The molecular weight excluding hydrogens is 452 g/mol. The molecule has 1 aliphatic rings. The van der Waals surface area contributed by atoms with Crippen LogP contribution in [0.3, 0.4) is 0 Å². The van der Waals surface area contributed by atoms with E-state index in [-0.39, 0.29) is 5.91 Å². The molecule has 10 heteroatoms. The van der Waals surface area contributed by atoms with Crippen LogP contribution in [0.4, 0.5) is 28.8 Å². The van der Waals surface area contributed by atoms with Crippen LogP contribution >= 0.6 is 11.6 Å². The monoisotopic (exact) mass is 480 g/mol. The maximum atomic E-state index is 11.6. The molecule has 0 unspecified atom stereocenters. The van der Waals surface area contributed by atoms with Gasteiger partial charge in [-0.2, -0.15) is 10.1 Å². The Balaban J connectivity index is 1.53. The minimum Gasteiger partial charge on any atom is -0.339 e. The van der Waals surface area contributed by atoms with Crippen molar-refractivity contribution in [2.24, 2.45) is 0 Å². The molecule has 1 amide bonds. The number of piperidine rings is 1. The van der Waals surface area contributed by atoms with Gasteiger partial charge in [0.05, 0.1) is 29.3 Å².